The number of alkyl halides is 3. The number of nitrogens with one attached hydrogen (secondary N) is 2. The fourth-order valence-corrected chi connectivity index (χ4v) is 4.38. The van der Waals surface area contributed by atoms with Crippen molar-refractivity contribution in [1.82, 2.24) is 15.3 Å². The van der Waals surface area contributed by atoms with Gasteiger partial charge in [-0.3, -0.25) is 24.7 Å². The van der Waals surface area contributed by atoms with Crippen LogP contribution in [0.2, 0.25) is 0 Å². The van der Waals surface area contributed by atoms with E-state index >= 15 is 0 Å². The highest BCUT2D eigenvalue weighted by Gasteiger charge is 2.34. The SMILES string of the molecule is O=C(Nc1nc2c(s1)C(=O)CC(C(=O)NCc1ccccc1OC(F)(F)F)C2)c1ccncc1. The first kappa shape index (κ1) is 23.4. The first-order chi connectivity index (χ1) is 16.2. The standard InChI is InChI=1S/C22H17F3N4O4S/c23-22(24,25)33-17-4-2-1-3-13(17)11-27-19(31)14-9-15-18(16(30)10-14)34-21(28-15)29-20(32)12-5-7-26-8-6-12/h1-8,14H,9-11H2,(H,27,31)(H,28,29,32). The Morgan fingerprint density at radius 3 is 2.59 bits per heavy atom. The lowest BCUT2D eigenvalue weighted by molar-refractivity contribution is -0.274. The van der Waals surface area contributed by atoms with Crippen LogP contribution in [0, 0.1) is 5.92 Å². The van der Waals surface area contributed by atoms with Gasteiger partial charge in [0.2, 0.25) is 5.91 Å². The first-order valence-electron chi connectivity index (χ1n) is 10.1. The van der Waals surface area contributed by atoms with Crippen LogP contribution in [-0.4, -0.2) is 33.9 Å². The van der Waals surface area contributed by atoms with Crippen molar-refractivity contribution in [1.29, 1.82) is 0 Å². The summed E-state index contributed by atoms with van der Waals surface area (Å²) in [7, 11) is 0. The molecule has 34 heavy (non-hydrogen) atoms. The van der Waals surface area contributed by atoms with Crippen LogP contribution in [0.4, 0.5) is 18.3 Å². The molecule has 0 aliphatic heterocycles. The van der Waals surface area contributed by atoms with E-state index in [0.29, 0.717) is 16.1 Å². The Kier molecular flexibility index (Phi) is 6.59. The largest absolute Gasteiger partial charge is 0.573 e. The van der Waals surface area contributed by atoms with Gasteiger partial charge in [0.1, 0.15) is 5.75 Å². The predicted molar refractivity (Wildman–Crippen MR) is 115 cm³/mol. The molecule has 0 bridgehead atoms. The molecule has 1 unspecified atom stereocenters. The maximum absolute atomic E-state index is 12.7. The number of aromatic nitrogens is 2. The summed E-state index contributed by atoms with van der Waals surface area (Å²) in [5.74, 6) is -2.33. The minimum absolute atomic E-state index is 0.0700. The molecule has 8 nitrogen and oxygen atoms in total. The fourth-order valence-electron chi connectivity index (χ4n) is 3.44. The van der Waals surface area contributed by atoms with Crippen molar-refractivity contribution < 1.29 is 32.3 Å². The maximum Gasteiger partial charge on any atom is 0.573 e. The van der Waals surface area contributed by atoms with Crippen molar-refractivity contribution in [3.8, 4) is 5.75 Å². The summed E-state index contributed by atoms with van der Waals surface area (Å²) < 4.78 is 41.8. The van der Waals surface area contributed by atoms with Crippen LogP contribution >= 0.6 is 11.3 Å². The number of anilines is 1. The number of Topliss-reactive ketones (excluding diaryl/α,β-unsaturated/α-hetero) is 1. The van der Waals surface area contributed by atoms with Gasteiger partial charge < -0.3 is 10.1 Å². The molecule has 2 heterocycles. The molecule has 3 aromatic rings. The van der Waals surface area contributed by atoms with E-state index in [1.54, 1.807) is 0 Å². The number of carbonyl (C=O) groups is 3. The summed E-state index contributed by atoms with van der Waals surface area (Å²) in [5, 5.41) is 5.44. The van der Waals surface area contributed by atoms with Crippen LogP contribution in [0.1, 0.15) is 37.7 Å². The number of ether oxygens (including phenoxy) is 1. The van der Waals surface area contributed by atoms with Crippen LogP contribution in [-0.2, 0) is 17.8 Å². The average Bonchev–Trinajstić information content (AvgIpc) is 3.21. The Morgan fingerprint density at radius 1 is 1.12 bits per heavy atom. The van der Waals surface area contributed by atoms with E-state index in [9.17, 15) is 27.6 Å². The second-order valence-electron chi connectivity index (χ2n) is 7.39. The van der Waals surface area contributed by atoms with Gasteiger partial charge in [0.05, 0.1) is 16.5 Å². The van der Waals surface area contributed by atoms with Crippen molar-refractivity contribution in [2.24, 2.45) is 5.92 Å². The topological polar surface area (TPSA) is 110 Å². The molecule has 2 aromatic heterocycles. The molecule has 1 aromatic carbocycles. The maximum atomic E-state index is 12.7. The van der Waals surface area contributed by atoms with Gasteiger partial charge in [-0.1, -0.05) is 29.5 Å². The van der Waals surface area contributed by atoms with E-state index in [1.807, 2.05) is 0 Å². The van der Waals surface area contributed by atoms with Gasteiger partial charge in [-0.2, -0.15) is 0 Å². The van der Waals surface area contributed by atoms with Gasteiger partial charge >= 0.3 is 6.36 Å². The molecule has 12 heteroatoms. The lowest BCUT2D eigenvalue weighted by Crippen LogP contribution is -2.35. The average molecular weight is 490 g/mol. The lowest BCUT2D eigenvalue weighted by atomic mass is 9.89. The van der Waals surface area contributed by atoms with Crippen molar-refractivity contribution >= 4 is 34.1 Å². The summed E-state index contributed by atoms with van der Waals surface area (Å²) in [4.78, 5) is 46.1. The normalized spacial score (nSPS) is 15.4. The summed E-state index contributed by atoms with van der Waals surface area (Å²) in [5.41, 5.74) is 0.916. The molecule has 0 saturated heterocycles. The summed E-state index contributed by atoms with van der Waals surface area (Å²) in [6.07, 6.45) is -1.82. The molecule has 0 saturated carbocycles. The number of para-hydroxylation sites is 1. The quantitative estimate of drug-likeness (QED) is 0.545. The monoisotopic (exact) mass is 490 g/mol. The van der Waals surface area contributed by atoms with Crippen molar-refractivity contribution in [2.75, 3.05) is 5.32 Å². The van der Waals surface area contributed by atoms with Gasteiger partial charge in [0.25, 0.3) is 5.91 Å². The van der Waals surface area contributed by atoms with Crippen LogP contribution in [0.5, 0.6) is 5.75 Å². The van der Waals surface area contributed by atoms with Crippen LogP contribution in [0.25, 0.3) is 0 Å². The first-order valence-corrected chi connectivity index (χ1v) is 10.9. The van der Waals surface area contributed by atoms with Gasteiger partial charge in [-0.15, -0.1) is 13.2 Å². The molecule has 4 rings (SSSR count). The zero-order chi connectivity index (χ0) is 24.3. The number of rotatable bonds is 6. The molecule has 0 fully saturated rings. The summed E-state index contributed by atoms with van der Waals surface area (Å²) in [6, 6.07) is 8.55. The third-order valence-electron chi connectivity index (χ3n) is 5.01. The molecule has 2 N–H and O–H groups in total. The Bertz CT molecular complexity index is 1230. The molecule has 176 valence electrons. The Morgan fingerprint density at radius 2 is 1.85 bits per heavy atom. The predicted octanol–water partition coefficient (Wildman–Crippen LogP) is 3.75. The number of benzene rings is 1. The minimum atomic E-state index is -4.86. The lowest BCUT2D eigenvalue weighted by Gasteiger charge is -2.20. The third-order valence-corrected chi connectivity index (χ3v) is 6.06. The van der Waals surface area contributed by atoms with Crippen LogP contribution < -0.4 is 15.4 Å². The number of pyridine rings is 1. The van der Waals surface area contributed by atoms with E-state index in [-0.39, 0.29) is 35.9 Å². The number of thiazole rings is 1. The number of amides is 2. The Balaban J connectivity index is 1.40. The molecule has 0 radical (unpaired) electrons. The number of ketones is 1. The Labute approximate surface area is 195 Å². The number of halogens is 3. The molecule has 1 aliphatic rings. The van der Waals surface area contributed by atoms with Crippen LogP contribution in [0.15, 0.2) is 48.8 Å². The number of carbonyl (C=O) groups excluding carboxylic acids is 3. The molecule has 1 aliphatic carbocycles. The molecule has 0 spiro atoms. The summed E-state index contributed by atoms with van der Waals surface area (Å²) in [6.45, 7) is -0.201. The van der Waals surface area contributed by atoms with Gasteiger partial charge in [0.15, 0.2) is 10.9 Å². The van der Waals surface area contributed by atoms with Gasteiger partial charge in [-0.25, -0.2) is 4.98 Å². The zero-order valence-corrected chi connectivity index (χ0v) is 18.2. The minimum Gasteiger partial charge on any atom is -0.405 e. The molecular formula is C22H17F3N4O4S. The van der Waals surface area contributed by atoms with Crippen LogP contribution in [0.3, 0.4) is 0 Å². The molecular weight excluding hydrogens is 473 g/mol. The number of hydrogen-bond acceptors (Lipinski definition) is 7. The second-order valence-corrected chi connectivity index (χ2v) is 8.39. The third kappa shape index (κ3) is 5.57. The van der Waals surface area contributed by atoms with Gasteiger partial charge in [0, 0.05) is 42.9 Å². The van der Waals surface area contributed by atoms with E-state index in [4.69, 9.17) is 0 Å². The van der Waals surface area contributed by atoms with Crippen molar-refractivity contribution in [2.45, 2.75) is 25.7 Å². The Hall–Kier alpha value is -3.80. The fraction of sp³-hybridized carbons (Fsp3) is 0.227. The van der Waals surface area contributed by atoms with E-state index in [0.717, 1.165) is 17.4 Å². The zero-order valence-electron chi connectivity index (χ0n) is 17.4. The second kappa shape index (κ2) is 9.59. The van der Waals surface area contributed by atoms with E-state index < -0.39 is 29.8 Å². The number of nitrogens with zero attached hydrogens (tertiary/aromatic N) is 2. The summed E-state index contributed by atoms with van der Waals surface area (Å²) >= 11 is 1.03. The van der Waals surface area contributed by atoms with Gasteiger partial charge in [-0.05, 0) is 18.2 Å². The van der Waals surface area contributed by atoms with Crippen molar-refractivity contribution in [3.05, 3.63) is 70.5 Å². The van der Waals surface area contributed by atoms with Crippen molar-refractivity contribution in [3.63, 3.8) is 0 Å². The molecule has 2 amide bonds. The number of hydrogen-bond donors (Lipinski definition) is 2. The van der Waals surface area contributed by atoms with E-state index in [1.165, 1.54) is 42.7 Å². The smallest absolute Gasteiger partial charge is 0.405 e. The molecule has 1 atom stereocenters. The highest BCUT2D eigenvalue weighted by molar-refractivity contribution is 7.17. The number of fused-ring (bicyclic) bond motifs is 1. The highest BCUT2D eigenvalue weighted by Crippen LogP contribution is 2.33. The highest BCUT2D eigenvalue weighted by atomic mass is 32.1. The van der Waals surface area contributed by atoms with E-state index in [2.05, 4.69) is 25.3 Å².